The summed E-state index contributed by atoms with van der Waals surface area (Å²) in [6, 6.07) is 7.73. The highest BCUT2D eigenvalue weighted by Crippen LogP contribution is 2.12. The van der Waals surface area contributed by atoms with Crippen LogP contribution in [0.15, 0.2) is 33.7 Å². The third-order valence-electron chi connectivity index (χ3n) is 1.78. The SMILES string of the molecule is CN=C(c1ccc(Br)cc1)[C@@H](C)O. The average Bonchev–Trinajstić information content (AvgIpc) is 2.09. The number of rotatable bonds is 2. The largest absolute Gasteiger partial charge is 0.387 e. The molecule has 0 amide bonds. The van der Waals surface area contributed by atoms with E-state index in [4.69, 9.17) is 0 Å². The summed E-state index contributed by atoms with van der Waals surface area (Å²) >= 11 is 3.35. The van der Waals surface area contributed by atoms with Crippen LogP contribution in [0, 0.1) is 0 Å². The first-order valence-electron chi connectivity index (χ1n) is 4.06. The Bertz CT molecular complexity index is 303. The first-order chi connectivity index (χ1) is 6.15. The number of halogens is 1. The summed E-state index contributed by atoms with van der Waals surface area (Å²) in [5, 5.41) is 9.39. The lowest BCUT2D eigenvalue weighted by Crippen LogP contribution is -2.17. The monoisotopic (exact) mass is 241 g/mol. The summed E-state index contributed by atoms with van der Waals surface area (Å²) < 4.78 is 1.03. The zero-order valence-corrected chi connectivity index (χ0v) is 9.25. The van der Waals surface area contributed by atoms with Crippen molar-refractivity contribution in [1.82, 2.24) is 0 Å². The molecule has 0 unspecified atom stereocenters. The predicted octanol–water partition coefficient (Wildman–Crippen LogP) is 2.25. The van der Waals surface area contributed by atoms with Gasteiger partial charge in [-0.1, -0.05) is 28.1 Å². The molecule has 1 atom stereocenters. The van der Waals surface area contributed by atoms with Gasteiger partial charge in [-0.05, 0) is 24.6 Å². The first-order valence-corrected chi connectivity index (χ1v) is 4.85. The van der Waals surface area contributed by atoms with Gasteiger partial charge in [0.15, 0.2) is 0 Å². The number of hydrogen-bond donors (Lipinski definition) is 1. The highest BCUT2D eigenvalue weighted by Gasteiger charge is 2.07. The van der Waals surface area contributed by atoms with Gasteiger partial charge in [0.2, 0.25) is 0 Å². The van der Waals surface area contributed by atoms with E-state index in [1.54, 1.807) is 14.0 Å². The molecule has 3 heteroatoms. The molecule has 0 spiro atoms. The molecular formula is C10H12BrNO. The van der Waals surface area contributed by atoms with Gasteiger partial charge in [0, 0.05) is 11.5 Å². The van der Waals surface area contributed by atoms with Crippen molar-refractivity contribution in [2.24, 2.45) is 4.99 Å². The van der Waals surface area contributed by atoms with Gasteiger partial charge in [-0.3, -0.25) is 4.99 Å². The molecule has 1 aromatic rings. The molecule has 0 aromatic heterocycles. The van der Waals surface area contributed by atoms with Crippen LogP contribution in [0.1, 0.15) is 12.5 Å². The molecule has 0 aliphatic heterocycles. The van der Waals surface area contributed by atoms with E-state index in [1.807, 2.05) is 24.3 Å². The minimum absolute atomic E-state index is 0.522. The fourth-order valence-electron chi connectivity index (χ4n) is 1.18. The average molecular weight is 242 g/mol. The summed E-state index contributed by atoms with van der Waals surface area (Å²) in [6.45, 7) is 1.71. The molecule has 0 saturated heterocycles. The summed E-state index contributed by atoms with van der Waals surface area (Å²) in [5.41, 5.74) is 1.67. The number of aliphatic imine (C=N–C) groups is 1. The van der Waals surface area contributed by atoms with Crippen LogP contribution in [0.25, 0.3) is 0 Å². The number of aliphatic hydroxyl groups excluding tert-OH is 1. The van der Waals surface area contributed by atoms with E-state index >= 15 is 0 Å². The molecule has 0 bridgehead atoms. The van der Waals surface area contributed by atoms with Crippen LogP contribution in [0.3, 0.4) is 0 Å². The molecule has 13 heavy (non-hydrogen) atoms. The second kappa shape index (κ2) is 4.53. The molecule has 1 rings (SSSR count). The van der Waals surface area contributed by atoms with Crippen LogP contribution < -0.4 is 0 Å². The lowest BCUT2D eigenvalue weighted by molar-refractivity contribution is 0.262. The van der Waals surface area contributed by atoms with E-state index in [0.717, 1.165) is 10.0 Å². The minimum Gasteiger partial charge on any atom is -0.387 e. The van der Waals surface area contributed by atoms with Crippen LogP contribution in [0.5, 0.6) is 0 Å². The van der Waals surface area contributed by atoms with Crippen LogP contribution in [-0.4, -0.2) is 24.0 Å². The van der Waals surface area contributed by atoms with E-state index in [0.29, 0.717) is 5.71 Å². The number of hydrogen-bond acceptors (Lipinski definition) is 2. The van der Waals surface area contributed by atoms with Gasteiger partial charge >= 0.3 is 0 Å². The van der Waals surface area contributed by atoms with Crippen molar-refractivity contribution in [3.63, 3.8) is 0 Å². The maximum absolute atomic E-state index is 9.39. The maximum atomic E-state index is 9.39. The molecule has 2 nitrogen and oxygen atoms in total. The molecule has 0 aliphatic carbocycles. The van der Waals surface area contributed by atoms with Crippen LogP contribution in [-0.2, 0) is 0 Å². The number of aliphatic hydroxyl groups is 1. The lowest BCUT2D eigenvalue weighted by Gasteiger charge is -2.08. The first kappa shape index (κ1) is 10.4. The molecule has 1 aromatic carbocycles. The Morgan fingerprint density at radius 3 is 2.31 bits per heavy atom. The maximum Gasteiger partial charge on any atom is 0.0933 e. The Morgan fingerprint density at radius 1 is 1.38 bits per heavy atom. The highest BCUT2D eigenvalue weighted by atomic mass is 79.9. The summed E-state index contributed by atoms with van der Waals surface area (Å²) in [6.07, 6.45) is -0.522. The van der Waals surface area contributed by atoms with E-state index in [2.05, 4.69) is 20.9 Å². The molecule has 1 N–H and O–H groups in total. The van der Waals surface area contributed by atoms with Crippen molar-refractivity contribution in [3.05, 3.63) is 34.3 Å². The van der Waals surface area contributed by atoms with Crippen LogP contribution in [0.2, 0.25) is 0 Å². The van der Waals surface area contributed by atoms with Crippen molar-refractivity contribution in [2.75, 3.05) is 7.05 Å². The van der Waals surface area contributed by atoms with Crippen LogP contribution in [0.4, 0.5) is 0 Å². The molecule has 0 radical (unpaired) electrons. The fraction of sp³-hybridized carbons (Fsp3) is 0.300. The van der Waals surface area contributed by atoms with Crippen molar-refractivity contribution in [2.45, 2.75) is 13.0 Å². The van der Waals surface area contributed by atoms with Crippen LogP contribution >= 0.6 is 15.9 Å². The molecule has 70 valence electrons. The minimum atomic E-state index is -0.522. The van der Waals surface area contributed by atoms with Gasteiger partial charge in [-0.15, -0.1) is 0 Å². The van der Waals surface area contributed by atoms with Crippen molar-refractivity contribution in [1.29, 1.82) is 0 Å². The lowest BCUT2D eigenvalue weighted by atomic mass is 10.1. The Morgan fingerprint density at radius 2 is 1.92 bits per heavy atom. The molecule has 0 aliphatic rings. The molecular weight excluding hydrogens is 230 g/mol. The molecule has 0 saturated carbocycles. The predicted molar refractivity (Wildman–Crippen MR) is 58.3 cm³/mol. The van der Waals surface area contributed by atoms with Crippen molar-refractivity contribution >= 4 is 21.6 Å². The van der Waals surface area contributed by atoms with E-state index in [-0.39, 0.29) is 0 Å². The van der Waals surface area contributed by atoms with Crippen molar-refractivity contribution < 1.29 is 5.11 Å². The standard InChI is InChI=1S/C10H12BrNO/c1-7(13)10(12-2)8-3-5-9(11)6-4-8/h3-7,13H,1-2H3/t7-/m1/s1. The Labute approximate surface area is 86.4 Å². The third-order valence-corrected chi connectivity index (χ3v) is 2.31. The van der Waals surface area contributed by atoms with Gasteiger partial charge in [-0.2, -0.15) is 0 Å². The zero-order valence-electron chi connectivity index (χ0n) is 7.66. The second-order valence-corrected chi connectivity index (χ2v) is 3.71. The Balaban J connectivity index is 3.00. The van der Waals surface area contributed by atoms with Gasteiger partial charge in [0.05, 0.1) is 11.8 Å². The second-order valence-electron chi connectivity index (χ2n) is 2.79. The fourth-order valence-corrected chi connectivity index (χ4v) is 1.44. The quantitative estimate of drug-likeness (QED) is 0.792. The third kappa shape index (κ3) is 2.64. The Hall–Kier alpha value is -0.670. The van der Waals surface area contributed by atoms with Gasteiger partial charge < -0.3 is 5.11 Å². The van der Waals surface area contributed by atoms with Crippen molar-refractivity contribution in [3.8, 4) is 0 Å². The van der Waals surface area contributed by atoms with E-state index in [1.165, 1.54) is 0 Å². The summed E-state index contributed by atoms with van der Waals surface area (Å²) in [5.74, 6) is 0. The van der Waals surface area contributed by atoms with E-state index < -0.39 is 6.10 Å². The molecule has 0 fully saturated rings. The normalized spacial score (nSPS) is 14.3. The number of nitrogens with zero attached hydrogens (tertiary/aromatic N) is 1. The summed E-state index contributed by atoms with van der Waals surface area (Å²) in [7, 11) is 1.68. The summed E-state index contributed by atoms with van der Waals surface area (Å²) in [4.78, 5) is 4.04. The highest BCUT2D eigenvalue weighted by molar-refractivity contribution is 9.10. The van der Waals surface area contributed by atoms with Gasteiger partial charge in [0.25, 0.3) is 0 Å². The zero-order chi connectivity index (χ0) is 9.84. The van der Waals surface area contributed by atoms with Gasteiger partial charge in [-0.25, -0.2) is 0 Å². The smallest absolute Gasteiger partial charge is 0.0933 e. The molecule has 0 heterocycles. The Kier molecular flexibility index (Phi) is 3.63. The van der Waals surface area contributed by atoms with Gasteiger partial charge in [0.1, 0.15) is 0 Å². The topological polar surface area (TPSA) is 32.6 Å². The number of benzene rings is 1. The van der Waals surface area contributed by atoms with E-state index in [9.17, 15) is 5.11 Å².